The van der Waals surface area contributed by atoms with E-state index in [1.165, 1.54) is 25.7 Å². The molecular weight excluding hydrogens is 266 g/mol. The number of carbonyl (C=O) groups is 1. The van der Waals surface area contributed by atoms with Crippen LogP contribution in [-0.2, 0) is 0 Å². The van der Waals surface area contributed by atoms with Crippen LogP contribution in [0.1, 0.15) is 51.9 Å². The molecule has 21 heavy (non-hydrogen) atoms. The first-order valence-electron chi connectivity index (χ1n) is 8.63. The molecule has 0 aromatic heterocycles. The second-order valence-corrected chi connectivity index (χ2v) is 6.47. The van der Waals surface area contributed by atoms with Gasteiger partial charge in [0.1, 0.15) is 0 Å². The Morgan fingerprint density at radius 3 is 2.71 bits per heavy atom. The summed E-state index contributed by atoms with van der Waals surface area (Å²) in [6.07, 6.45) is 8.04. The number of nitrogens with one attached hydrogen (secondary N) is 2. The number of likely N-dealkylation sites (tertiary alicyclic amines) is 1. The Hall–Kier alpha value is -0.810. The van der Waals surface area contributed by atoms with E-state index in [1.54, 1.807) is 0 Å². The molecule has 2 rings (SSSR count). The van der Waals surface area contributed by atoms with Gasteiger partial charge in [-0.1, -0.05) is 26.2 Å². The summed E-state index contributed by atoms with van der Waals surface area (Å²) in [5.41, 5.74) is 0. The van der Waals surface area contributed by atoms with Gasteiger partial charge in [-0.2, -0.15) is 0 Å². The zero-order chi connectivity index (χ0) is 15.1. The first-order chi connectivity index (χ1) is 10.2. The number of rotatable bonds is 5. The van der Waals surface area contributed by atoms with Gasteiger partial charge in [0, 0.05) is 31.2 Å². The molecule has 3 N–H and O–H groups in total. The van der Waals surface area contributed by atoms with E-state index in [0.29, 0.717) is 6.04 Å². The molecule has 2 fully saturated rings. The van der Waals surface area contributed by atoms with Crippen LogP contribution in [0.25, 0.3) is 0 Å². The van der Waals surface area contributed by atoms with E-state index in [1.807, 2.05) is 0 Å². The average Bonchev–Trinajstić information content (AvgIpc) is 2.53. The first-order valence-corrected chi connectivity index (χ1v) is 8.63. The number of carbonyl (C=O) groups excluding carboxylic acids is 1. The number of hydrogen-bond acceptors (Lipinski definition) is 3. The summed E-state index contributed by atoms with van der Waals surface area (Å²) < 4.78 is 0. The van der Waals surface area contributed by atoms with Crippen molar-refractivity contribution in [2.24, 2.45) is 5.92 Å². The van der Waals surface area contributed by atoms with Crippen LogP contribution in [0.2, 0.25) is 0 Å². The SMILES string of the molecule is CCN1CCCCC1CNC(=O)NC1CCCCC1CO. The van der Waals surface area contributed by atoms with Gasteiger partial charge in [0.2, 0.25) is 0 Å². The quantitative estimate of drug-likeness (QED) is 0.724. The Balaban J connectivity index is 1.73. The molecule has 2 aliphatic rings. The van der Waals surface area contributed by atoms with Gasteiger partial charge in [0.15, 0.2) is 0 Å². The topological polar surface area (TPSA) is 64.6 Å². The Kier molecular flexibility index (Phi) is 6.77. The van der Waals surface area contributed by atoms with Crippen LogP contribution in [0.4, 0.5) is 4.79 Å². The van der Waals surface area contributed by atoms with Crippen molar-refractivity contribution in [1.29, 1.82) is 0 Å². The number of hydrogen-bond donors (Lipinski definition) is 3. The molecule has 122 valence electrons. The van der Waals surface area contributed by atoms with Crippen LogP contribution in [0.3, 0.4) is 0 Å². The van der Waals surface area contributed by atoms with Crippen molar-refractivity contribution in [2.45, 2.75) is 64.0 Å². The molecule has 0 radical (unpaired) electrons. The molecule has 5 heteroatoms. The molecule has 1 saturated carbocycles. The first kappa shape index (κ1) is 16.6. The molecule has 2 amide bonds. The van der Waals surface area contributed by atoms with Crippen LogP contribution in [0.15, 0.2) is 0 Å². The third-order valence-electron chi connectivity index (χ3n) is 5.11. The van der Waals surface area contributed by atoms with Gasteiger partial charge in [-0.05, 0) is 38.8 Å². The molecule has 3 unspecified atom stereocenters. The number of piperidine rings is 1. The molecule has 1 aliphatic heterocycles. The average molecular weight is 297 g/mol. The van der Waals surface area contributed by atoms with Crippen molar-refractivity contribution >= 4 is 6.03 Å². The number of nitrogens with zero attached hydrogens (tertiary/aromatic N) is 1. The fraction of sp³-hybridized carbons (Fsp3) is 0.938. The highest BCUT2D eigenvalue weighted by Gasteiger charge is 2.26. The van der Waals surface area contributed by atoms with Crippen LogP contribution in [-0.4, -0.2) is 54.4 Å². The third-order valence-corrected chi connectivity index (χ3v) is 5.11. The second-order valence-electron chi connectivity index (χ2n) is 6.47. The molecule has 0 bridgehead atoms. The van der Waals surface area contributed by atoms with E-state index in [-0.39, 0.29) is 24.6 Å². The Morgan fingerprint density at radius 1 is 1.19 bits per heavy atom. The summed E-state index contributed by atoms with van der Waals surface area (Å²) in [7, 11) is 0. The van der Waals surface area contributed by atoms with E-state index < -0.39 is 0 Å². The van der Waals surface area contributed by atoms with E-state index in [2.05, 4.69) is 22.5 Å². The van der Waals surface area contributed by atoms with Crippen LogP contribution >= 0.6 is 0 Å². The summed E-state index contributed by atoms with van der Waals surface area (Å²) >= 11 is 0. The molecule has 0 aromatic carbocycles. The predicted octanol–water partition coefficient (Wildman–Crippen LogP) is 1.71. The van der Waals surface area contributed by atoms with Crippen LogP contribution in [0.5, 0.6) is 0 Å². The highest BCUT2D eigenvalue weighted by Crippen LogP contribution is 2.23. The van der Waals surface area contributed by atoms with E-state index >= 15 is 0 Å². The number of aliphatic hydroxyl groups excluding tert-OH is 1. The van der Waals surface area contributed by atoms with Crippen molar-refractivity contribution in [1.82, 2.24) is 15.5 Å². The van der Waals surface area contributed by atoms with E-state index in [9.17, 15) is 9.90 Å². The van der Waals surface area contributed by atoms with Gasteiger partial charge >= 0.3 is 6.03 Å². The number of urea groups is 1. The maximum Gasteiger partial charge on any atom is 0.315 e. The molecule has 1 aliphatic carbocycles. The van der Waals surface area contributed by atoms with Gasteiger partial charge in [-0.3, -0.25) is 4.90 Å². The summed E-state index contributed by atoms with van der Waals surface area (Å²) in [5, 5.41) is 15.5. The minimum atomic E-state index is -0.0676. The van der Waals surface area contributed by atoms with E-state index in [4.69, 9.17) is 0 Å². The Bertz CT molecular complexity index is 325. The lowest BCUT2D eigenvalue weighted by atomic mass is 9.85. The van der Waals surface area contributed by atoms with E-state index in [0.717, 1.165) is 38.9 Å². The van der Waals surface area contributed by atoms with Crippen molar-refractivity contribution < 1.29 is 9.90 Å². The fourth-order valence-corrected chi connectivity index (χ4v) is 3.75. The number of likely N-dealkylation sites (N-methyl/N-ethyl adjacent to an activating group) is 1. The van der Waals surface area contributed by atoms with Gasteiger partial charge in [0.25, 0.3) is 0 Å². The summed E-state index contributed by atoms with van der Waals surface area (Å²) in [6, 6.07) is 0.550. The lowest BCUT2D eigenvalue weighted by Crippen LogP contribution is -2.52. The second kappa shape index (κ2) is 8.59. The molecule has 3 atom stereocenters. The van der Waals surface area contributed by atoms with Gasteiger partial charge < -0.3 is 15.7 Å². The Morgan fingerprint density at radius 2 is 1.95 bits per heavy atom. The molecule has 0 aromatic rings. The maximum absolute atomic E-state index is 12.1. The highest BCUT2D eigenvalue weighted by atomic mass is 16.3. The van der Waals surface area contributed by atoms with Gasteiger partial charge in [-0.15, -0.1) is 0 Å². The third kappa shape index (κ3) is 4.85. The maximum atomic E-state index is 12.1. The van der Waals surface area contributed by atoms with Crippen molar-refractivity contribution in [2.75, 3.05) is 26.2 Å². The zero-order valence-electron chi connectivity index (χ0n) is 13.3. The molecule has 0 spiro atoms. The number of amides is 2. The van der Waals surface area contributed by atoms with Crippen molar-refractivity contribution in [3.63, 3.8) is 0 Å². The van der Waals surface area contributed by atoms with Gasteiger partial charge in [0.05, 0.1) is 0 Å². The van der Waals surface area contributed by atoms with Crippen molar-refractivity contribution in [3.05, 3.63) is 0 Å². The lowest BCUT2D eigenvalue weighted by molar-refractivity contribution is 0.145. The van der Waals surface area contributed by atoms with Gasteiger partial charge in [-0.25, -0.2) is 4.79 Å². The standard InChI is InChI=1S/C16H31N3O2/c1-2-19-10-6-5-8-14(19)11-17-16(21)18-15-9-4-3-7-13(15)12-20/h13-15,20H,2-12H2,1H3,(H2,17,18,21). The molecular formula is C16H31N3O2. The smallest absolute Gasteiger partial charge is 0.315 e. The van der Waals surface area contributed by atoms with Crippen LogP contribution in [0, 0.1) is 5.92 Å². The highest BCUT2D eigenvalue weighted by molar-refractivity contribution is 5.74. The summed E-state index contributed by atoms with van der Waals surface area (Å²) in [4.78, 5) is 14.5. The predicted molar refractivity (Wildman–Crippen MR) is 84.3 cm³/mol. The van der Waals surface area contributed by atoms with Crippen LogP contribution < -0.4 is 10.6 Å². The largest absolute Gasteiger partial charge is 0.396 e. The zero-order valence-corrected chi connectivity index (χ0v) is 13.3. The summed E-state index contributed by atoms with van der Waals surface area (Å²) in [6.45, 7) is 5.31. The lowest BCUT2D eigenvalue weighted by Gasteiger charge is -2.35. The summed E-state index contributed by atoms with van der Waals surface area (Å²) in [5.74, 6) is 0.228. The molecule has 1 heterocycles. The minimum absolute atomic E-state index is 0.0676. The Labute approximate surface area is 128 Å². The fourth-order valence-electron chi connectivity index (χ4n) is 3.75. The normalized spacial score (nSPS) is 30.9. The molecule has 1 saturated heterocycles. The van der Waals surface area contributed by atoms with Crippen molar-refractivity contribution in [3.8, 4) is 0 Å². The molecule has 5 nitrogen and oxygen atoms in total. The minimum Gasteiger partial charge on any atom is -0.396 e. The number of aliphatic hydroxyl groups is 1. The monoisotopic (exact) mass is 297 g/mol.